The topological polar surface area (TPSA) is 59.2 Å². The van der Waals surface area contributed by atoms with Crippen molar-refractivity contribution < 1.29 is 4.79 Å². The summed E-state index contributed by atoms with van der Waals surface area (Å²) in [6.07, 6.45) is 2.06. The molecule has 0 radical (unpaired) electrons. The zero-order valence-corrected chi connectivity index (χ0v) is 17.2. The van der Waals surface area contributed by atoms with Crippen molar-refractivity contribution in [3.8, 4) is 10.6 Å². The molecule has 1 aliphatic heterocycles. The van der Waals surface area contributed by atoms with Gasteiger partial charge in [0.05, 0.1) is 17.1 Å². The normalized spacial score (nSPS) is 14.6. The second-order valence-electron chi connectivity index (χ2n) is 5.66. The molecule has 0 saturated carbocycles. The van der Waals surface area contributed by atoms with Crippen LogP contribution in [0.2, 0.25) is 10.0 Å². The van der Waals surface area contributed by atoms with Gasteiger partial charge in [-0.05, 0) is 31.0 Å². The van der Waals surface area contributed by atoms with E-state index in [2.05, 4.69) is 4.98 Å². The molecule has 0 bridgehead atoms. The minimum atomic E-state index is 0. The number of nitrogens with two attached hydrogens (primary N) is 1. The van der Waals surface area contributed by atoms with E-state index in [9.17, 15) is 4.79 Å². The van der Waals surface area contributed by atoms with Gasteiger partial charge in [0.15, 0.2) is 0 Å². The van der Waals surface area contributed by atoms with E-state index >= 15 is 0 Å². The molecule has 9 heteroatoms. The number of hydrogen-bond donors (Lipinski definition) is 1. The Balaban J connectivity index is 0.00000156. The number of aromatic nitrogens is 1. The van der Waals surface area contributed by atoms with Crippen LogP contribution in [0.15, 0.2) is 23.6 Å². The molecule has 2 heterocycles. The first-order valence-electron chi connectivity index (χ1n) is 7.46. The highest BCUT2D eigenvalue weighted by Crippen LogP contribution is 2.32. The second-order valence-corrected chi connectivity index (χ2v) is 7.36. The number of carbonyl (C=O) groups excluding carboxylic acids is 1. The van der Waals surface area contributed by atoms with E-state index < -0.39 is 0 Å². The van der Waals surface area contributed by atoms with Gasteiger partial charge in [-0.25, -0.2) is 4.98 Å². The number of halogens is 4. The van der Waals surface area contributed by atoms with Crippen LogP contribution in [0.1, 0.15) is 18.5 Å². The summed E-state index contributed by atoms with van der Waals surface area (Å²) in [5.74, 6) is 0.107. The quantitative estimate of drug-likeness (QED) is 0.763. The number of hydrogen-bond acceptors (Lipinski definition) is 4. The average Bonchev–Trinajstić information content (AvgIpc) is 2.96. The number of amides is 1. The van der Waals surface area contributed by atoms with Crippen LogP contribution in [0.4, 0.5) is 0 Å². The van der Waals surface area contributed by atoms with Crippen LogP contribution in [-0.4, -0.2) is 34.9 Å². The van der Waals surface area contributed by atoms with Crippen molar-refractivity contribution in [1.82, 2.24) is 9.88 Å². The summed E-state index contributed by atoms with van der Waals surface area (Å²) in [7, 11) is 0. The lowest BCUT2D eigenvalue weighted by molar-refractivity contribution is -0.131. The van der Waals surface area contributed by atoms with E-state index in [-0.39, 0.29) is 36.8 Å². The van der Waals surface area contributed by atoms with Crippen molar-refractivity contribution in [2.75, 3.05) is 13.1 Å². The molecule has 1 saturated heterocycles. The van der Waals surface area contributed by atoms with Gasteiger partial charge in [0, 0.05) is 35.1 Å². The van der Waals surface area contributed by atoms with E-state index in [1.165, 1.54) is 11.3 Å². The van der Waals surface area contributed by atoms with Gasteiger partial charge >= 0.3 is 0 Å². The van der Waals surface area contributed by atoms with E-state index in [0.717, 1.165) is 42.2 Å². The van der Waals surface area contributed by atoms with Crippen LogP contribution in [0.5, 0.6) is 0 Å². The Morgan fingerprint density at radius 2 is 1.96 bits per heavy atom. The zero-order chi connectivity index (χ0) is 16.4. The maximum absolute atomic E-state index is 12.3. The molecule has 0 aliphatic carbocycles. The van der Waals surface area contributed by atoms with Crippen LogP contribution < -0.4 is 5.73 Å². The molecule has 25 heavy (non-hydrogen) atoms. The molecular formula is C16H19Cl4N3OS. The molecule has 1 amide bonds. The standard InChI is InChI=1S/C16H17Cl2N3OS.2ClH/c17-10-1-2-13(14(18)7-10)16-20-12(9-23-16)8-15(22)21-5-3-11(19)4-6-21;;/h1-2,7,9,11H,3-6,8,19H2;2*1H. The van der Waals surface area contributed by atoms with Gasteiger partial charge in [-0.15, -0.1) is 36.2 Å². The maximum atomic E-state index is 12.3. The summed E-state index contributed by atoms with van der Waals surface area (Å²) in [6, 6.07) is 5.55. The summed E-state index contributed by atoms with van der Waals surface area (Å²) in [5, 5.41) is 3.87. The summed E-state index contributed by atoms with van der Waals surface area (Å²) in [4.78, 5) is 18.7. The smallest absolute Gasteiger partial charge is 0.228 e. The molecule has 1 aromatic heterocycles. The Kier molecular flexibility index (Phi) is 8.95. The van der Waals surface area contributed by atoms with Crippen LogP contribution in [0.3, 0.4) is 0 Å². The van der Waals surface area contributed by atoms with E-state index in [1.807, 2.05) is 16.3 Å². The zero-order valence-electron chi connectivity index (χ0n) is 13.3. The Bertz CT molecular complexity index is 717. The highest BCUT2D eigenvalue weighted by atomic mass is 35.5. The first-order valence-corrected chi connectivity index (χ1v) is 9.09. The molecule has 0 unspecified atom stereocenters. The number of likely N-dealkylation sites (tertiary alicyclic amines) is 1. The summed E-state index contributed by atoms with van der Waals surface area (Å²) >= 11 is 13.6. The van der Waals surface area contributed by atoms with Crippen LogP contribution in [0, 0.1) is 0 Å². The molecule has 0 spiro atoms. The van der Waals surface area contributed by atoms with Gasteiger partial charge in [-0.2, -0.15) is 0 Å². The van der Waals surface area contributed by atoms with Crippen LogP contribution in [0.25, 0.3) is 10.6 Å². The van der Waals surface area contributed by atoms with E-state index in [4.69, 9.17) is 28.9 Å². The number of benzene rings is 1. The third-order valence-corrected chi connectivity index (χ3v) is 5.41. The van der Waals surface area contributed by atoms with E-state index in [0.29, 0.717) is 16.5 Å². The first kappa shape index (κ1) is 22.5. The lowest BCUT2D eigenvalue weighted by Gasteiger charge is -2.30. The van der Waals surface area contributed by atoms with Crippen molar-refractivity contribution in [1.29, 1.82) is 0 Å². The van der Waals surface area contributed by atoms with Crippen LogP contribution in [-0.2, 0) is 11.2 Å². The lowest BCUT2D eigenvalue weighted by atomic mass is 10.1. The second kappa shape index (κ2) is 9.95. The van der Waals surface area contributed by atoms with E-state index in [1.54, 1.807) is 12.1 Å². The molecule has 0 atom stereocenters. The summed E-state index contributed by atoms with van der Waals surface area (Å²) < 4.78 is 0. The first-order chi connectivity index (χ1) is 11.0. The third-order valence-electron chi connectivity index (χ3n) is 3.94. The number of rotatable bonds is 3. The predicted octanol–water partition coefficient (Wildman–Crippen LogP) is 4.45. The van der Waals surface area contributed by atoms with Crippen LogP contribution >= 0.6 is 59.4 Å². The van der Waals surface area contributed by atoms with Crippen molar-refractivity contribution in [2.24, 2.45) is 5.73 Å². The molecule has 138 valence electrons. The number of carbonyl (C=O) groups is 1. The number of thiazole rings is 1. The molecular weight excluding hydrogens is 424 g/mol. The fraction of sp³-hybridized carbons (Fsp3) is 0.375. The maximum Gasteiger partial charge on any atom is 0.228 e. The predicted molar refractivity (Wildman–Crippen MR) is 110 cm³/mol. The number of nitrogens with zero attached hydrogens (tertiary/aromatic N) is 2. The summed E-state index contributed by atoms with van der Waals surface area (Å²) in [6.45, 7) is 1.47. The van der Waals surface area contributed by atoms with Gasteiger partial charge in [-0.3, -0.25) is 4.79 Å². The molecule has 2 N–H and O–H groups in total. The summed E-state index contributed by atoms with van der Waals surface area (Å²) in [5.41, 5.74) is 7.48. The fourth-order valence-electron chi connectivity index (χ4n) is 2.59. The monoisotopic (exact) mass is 441 g/mol. The molecule has 4 nitrogen and oxygen atoms in total. The van der Waals surface area contributed by atoms with Gasteiger partial charge in [0.1, 0.15) is 5.01 Å². The highest BCUT2D eigenvalue weighted by Gasteiger charge is 2.21. The molecule has 1 aromatic carbocycles. The Labute approximate surface area is 173 Å². The van der Waals surface area contributed by atoms with Crippen molar-refractivity contribution >= 4 is 65.3 Å². The van der Waals surface area contributed by atoms with Crippen molar-refractivity contribution in [3.63, 3.8) is 0 Å². The average molecular weight is 443 g/mol. The third kappa shape index (κ3) is 5.71. The van der Waals surface area contributed by atoms with Gasteiger partial charge in [-0.1, -0.05) is 23.2 Å². The van der Waals surface area contributed by atoms with Gasteiger partial charge < -0.3 is 10.6 Å². The minimum absolute atomic E-state index is 0. The largest absolute Gasteiger partial charge is 0.342 e. The van der Waals surface area contributed by atoms with Gasteiger partial charge in [0.2, 0.25) is 5.91 Å². The molecule has 2 aromatic rings. The molecule has 1 aliphatic rings. The van der Waals surface area contributed by atoms with Crippen molar-refractivity contribution in [3.05, 3.63) is 39.3 Å². The van der Waals surface area contributed by atoms with Gasteiger partial charge in [0.25, 0.3) is 0 Å². The SMILES string of the molecule is Cl.Cl.NC1CCN(C(=O)Cc2csc(-c3ccc(Cl)cc3Cl)n2)CC1. The number of piperidine rings is 1. The lowest BCUT2D eigenvalue weighted by Crippen LogP contribution is -2.43. The highest BCUT2D eigenvalue weighted by molar-refractivity contribution is 7.13. The Morgan fingerprint density at radius 1 is 1.28 bits per heavy atom. The fourth-order valence-corrected chi connectivity index (χ4v) is 4.00. The Morgan fingerprint density at radius 3 is 2.60 bits per heavy atom. The Hall–Kier alpha value is -0.560. The molecule has 3 rings (SSSR count). The van der Waals surface area contributed by atoms with Crippen molar-refractivity contribution in [2.45, 2.75) is 25.3 Å². The molecule has 1 fully saturated rings. The minimum Gasteiger partial charge on any atom is -0.342 e.